The lowest BCUT2D eigenvalue weighted by Crippen LogP contribution is -3.11. The largest absolute Gasteiger partial charge is 0.331 e. The zero-order valence-corrected chi connectivity index (χ0v) is 15.2. The van der Waals surface area contributed by atoms with E-state index in [9.17, 15) is 9.18 Å². The fourth-order valence-corrected chi connectivity index (χ4v) is 3.29. The summed E-state index contributed by atoms with van der Waals surface area (Å²) in [5.41, 5.74) is 4.60. The molecule has 0 unspecified atom stereocenters. The van der Waals surface area contributed by atoms with Crippen LogP contribution in [0.15, 0.2) is 53.6 Å². The van der Waals surface area contributed by atoms with Gasteiger partial charge in [0.15, 0.2) is 0 Å². The van der Waals surface area contributed by atoms with Crippen LogP contribution in [0.3, 0.4) is 0 Å². The van der Waals surface area contributed by atoms with E-state index in [0.717, 1.165) is 43.1 Å². The molecule has 1 aliphatic heterocycles. The summed E-state index contributed by atoms with van der Waals surface area (Å²) in [6.45, 7) is 2.87. The molecule has 1 aliphatic rings. The molecular formula is C20H22ClFN3O+. The molecule has 0 aliphatic carbocycles. The fraction of sp³-hybridized carbons (Fsp3) is 0.300. The van der Waals surface area contributed by atoms with Crippen molar-refractivity contribution in [1.29, 1.82) is 0 Å². The summed E-state index contributed by atoms with van der Waals surface area (Å²) in [4.78, 5) is 13.7. The summed E-state index contributed by atoms with van der Waals surface area (Å²) in [6, 6.07) is 13.9. The molecule has 136 valence electrons. The molecule has 3 rings (SSSR count). The number of hydrogen-bond acceptors (Lipinski definition) is 2. The van der Waals surface area contributed by atoms with E-state index < -0.39 is 0 Å². The number of benzene rings is 2. The number of carbonyl (C=O) groups excluding carboxylic acids is 1. The third-order valence-electron chi connectivity index (χ3n) is 4.69. The standard InChI is InChI=1S/C20H21ClFN3O/c21-18-5-1-16(2-6-18)14-25-11-9-17(10-12-25)20(26)24-23-13-15-3-7-19(22)8-4-15/h1-8,13,17H,9-12,14H2,(H,24,26)/p+1/b23-13-. The van der Waals surface area contributed by atoms with Crippen LogP contribution < -0.4 is 10.3 Å². The topological polar surface area (TPSA) is 45.9 Å². The van der Waals surface area contributed by atoms with Crippen molar-refractivity contribution in [2.45, 2.75) is 19.4 Å². The van der Waals surface area contributed by atoms with Gasteiger partial charge in [0.1, 0.15) is 12.4 Å². The number of nitrogens with one attached hydrogen (secondary N) is 2. The second-order valence-corrected chi connectivity index (χ2v) is 7.05. The number of quaternary nitrogens is 1. The molecule has 1 fully saturated rings. The number of nitrogens with zero attached hydrogens (tertiary/aromatic N) is 1. The summed E-state index contributed by atoms with van der Waals surface area (Å²) < 4.78 is 12.8. The monoisotopic (exact) mass is 374 g/mol. The predicted octanol–water partition coefficient (Wildman–Crippen LogP) is 2.42. The first-order valence-corrected chi connectivity index (χ1v) is 9.14. The van der Waals surface area contributed by atoms with Crippen LogP contribution >= 0.6 is 11.6 Å². The van der Waals surface area contributed by atoms with E-state index in [-0.39, 0.29) is 17.6 Å². The van der Waals surface area contributed by atoms with Crippen LogP contribution in [-0.2, 0) is 11.3 Å². The Kier molecular flexibility index (Phi) is 6.36. The van der Waals surface area contributed by atoms with E-state index in [1.54, 1.807) is 12.1 Å². The van der Waals surface area contributed by atoms with E-state index in [4.69, 9.17) is 11.6 Å². The lowest BCUT2D eigenvalue weighted by molar-refractivity contribution is -0.919. The number of hydrogen-bond donors (Lipinski definition) is 2. The summed E-state index contributed by atoms with van der Waals surface area (Å²) in [5, 5.41) is 4.73. The molecule has 0 saturated carbocycles. The van der Waals surface area contributed by atoms with Gasteiger partial charge in [-0.3, -0.25) is 4.79 Å². The Morgan fingerprint density at radius 1 is 1.15 bits per heavy atom. The van der Waals surface area contributed by atoms with Gasteiger partial charge in [0.05, 0.1) is 25.2 Å². The minimum atomic E-state index is -0.293. The van der Waals surface area contributed by atoms with Crippen molar-refractivity contribution in [2.75, 3.05) is 13.1 Å². The SMILES string of the molecule is O=C(N/N=C\c1ccc(F)cc1)C1CC[NH+](Cc2ccc(Cl)cc2)CC1. The summed E-state index contributed by atoms with van der Waals surface area (Å²) in [5.74, 6) is -0.345. The highest BCUT2D eigenvalue weighted by Crippen LogP contribution is 2.11. The molecule has 2 N–H and O–H groups in total. The van der Waals surface area contributed by atoms with Gasteiger partial charge < -0.3 is 4.90 Å². The van der Waals surface area contributed by atoms with Crippen molar-refractivity contribution in [3.8, 4) is 0 Å². The Morgan fingerprint density at radius 3 is 2.46 bits per heavy atom. The van der Waals surface area contributed by atoms with Gasteiger partial charge >= 0.3 is 0 Å². The van der Waals surface area contributed by atoms with Crippen molar-refractivity contribution in [1.82, 2.24) is 5.43 Å². The highest BCUT2D eigenvalue weighted by molar-refractivity contribution is 6.30. The third kappa shape index (κ3) is 5.38. The van der Waals surface area contributed by atoms with Gasteiger partial charge in [0.2, 0.25) is 5.91 Å². The summed E-state index contributed by atoms with van der Waals surface area (Å²) in [7, 11) is 0. The molecule has 26 heavy (non-hydrogen) atoms. The van der Waals surface area contributed by atoms with Crippen LogP contribution in [0, 0.1) is 11.7 Å². The predicted molar refractivity (Wildman–Crippen MR) is 101 cm³/mol. The van der Waals surface area contributed by atoms with E-state index in [1.165, 1.54) is 28.8 Å². The molecule has 2 aromatic carbocycles. The molecule has 0 radical (unpaired) electrons. The molecule has 0 bridgehead atoms. The molecule has 6 heteroatoms. The van der Waals surface area contributed by atoms with E-state index in [0.29, 0.717) is 0 Å². The van der Waals surface area contributed by atoms with Crippen molar-refractivity contribution in [2.24, 2.45) is 11.0 Å². The minimum absolute atomic E-state index is 0.00524. The number of rotatable bonds is 5. The lowest BCUT2D eigenvalue weighted by Gasteiger charge is -2.28. The van der Waals surface area contributed by atoms with E-state index in [2.05, 4.69) is 22.7 Å². The quantitative estimate of drug-likeness (QED) is 0.612. The molecule has 1 heterocycles. The highest BCUT2D eigenvalue weighted by Gasteiger charge is 2.27. The summed E-state index contributed by atoms with van der Waals surface area (Å²) >= 11 is 5.92. The molecule has 0 spiro atoms. The van der Waals surface area contributed by atoms with Crippen molar-refractivity contribution >= 4 is 23.7 Å². The van der Waals surface area contributed by atoms with E-state index >= 15 is 0 Å². The number of halogens is 2. The highest BCUT2D eigenvalue weighted by atomic mass is 35.5. The average Bonchev–Trinajstić information content (AvgIpc) is 2.66. The number of hydrazone groups is 1. The maximum atomic E-state index is 12.8. The van der Waals surface area contributed by atoms with Crippen LogP contribution in [0.5, 0.6) is 0 Å². The number of carbonyl (C=O) groups is 1. The smallest absolute Gasteiger partial charge is 0.243 e. The maximum Gasteiger partial charge on any atom is 0.243 e. The first-order chi connectivity index (χ1) is 12.6. The Bertz CT molecular complexity index is 754. The van der Waals surface area contributed by atoms with Gasteiger partial charge in [0, 0.05) is 23.4 Å². The Balaban J connectivity index is 1.43. The number of piperidine rings is 1. The van der Waals surface area contributed by atoms with Crippen LogP contribution in [0.2, 0.25) is 5.02 Å². The van der Waals surface area contributed by atoms with Gasteiger partial charge in [-0.15, -0.1) is 0 Å². The normalized spacial score (nSPS) is 20.2. The second kappa shape index (κ2) is 8.92. The third-order valence-corrected chi connectivity index (χ3v) is 4.94. The lowest BCUT2D eigenvalue weighted by atomic mass is 9.96. The van der Waals surface area contributed by atoms with Crippen LogP contribution in [0.25, 0.3) is 0 Å². The van der Waals surface area contributed by atoms with Gasteiger partial charge in [-0.1, -0.05) is 35.9 Å². The molecule has 0 atom stereocenters. The molecule has 1 amide bonds. The first-order valence-electron chi connectivity index (χ1n) is 8.76. The Morgan fingerprint density at radius 2 is 1.81 bits per heavy atom. The molecular weight excluding hydrogens is 353 g/mol. The van der Waals surface area contributed by atoms with Crippen LogP contribution in [0.1, 0.15) is 24.0 Å². The zero-order chi connectivity index (χ0) is 18.4. The molecule has 2 aromatic rings. The number of amides is 1. The van der Waals surface area contributed by atoms with Crippen molar-refractivity contribution in [3.05, 3.63) is 70.5 Å². The van der Waals surface area contributed by atoms with Gasteiger partial charge in [0.25, 0.3) is 0 Å². The average molecular weight is 375 g/mol. The van der Waals surface area contributed by atoms with Gasteiger partial charge in [-0.2, -0.15) is 5.10 Å². The van der Waals surface area contributed by atoms with Gasteiger partial charge in [-0.05, 0) is 29.8 Å². The van der Waals surface area contributed by atoms with Crippen molar-refractivity contribution < 1.29 is 14.1 Å². The maximum absolute atomic E-state index is 12.8. The minimum Gasteiger partial charge on any atom is -0.331 e. The molecule has 4 nitrogen and oxygen atoms in total. The van der Waals surface area contributed by atoms with Crippen molar-refractivity contribution in [3.63, 3.8) is 0 Å². The molecule has 0 aromatic heterocycles. The Hall–Kier alpha value is -2.24. The van der Waals surface area contributed by atoms with Crippen LogP contribution in [0.4, 0.5) is 4.39 Å². The Labute approximate surface area is 157 Å². The zero-order valence-electron chi connectivity index (χ0n) is 14.4. The molecule has 1 saturated heterocycles. The van der Waals surface area contributed by atoms with E-state index in [1.807, 2.05) is 12.1 Å². The summed E-state index contributed by atoms with van der Waals surface area (Å²) in [6.07, 6.45) is 3.22. The second-order valence-electron chi connectivity index (χ2n) is 6.61. The van der Waals surface area contributed by atoms with Gasteiger partial charge in [-0.25, -0.2) is 9.82 Å². The fourth-order valence-electron chi connectivity index (χ4n) is 3.17. The first kappa shape index (κ1) is 18.5. The van der Waals surface area contributed by atoms with Crippen LogP contribution in [-0.4, -0.2) is 25.2 Å². The number of likely N-dealkylation sites (tertiary alicyclic amines) is 1.